The summed E-state index contributed by atoms with van der Waals surface area (Å²) < 4.78 is 38.8. The predicted octanol–water partition coefficient (Wildman–Crippen LogP) is 3.23. The van der Waals surface area contributed by atoms with Gasteiger partial charge in [-0.25, -0.2) is 0 Å². The van der Waals surface area contributed by atoms with E-state index in [4.69, 9.17) is 0 Å². The smallest absolute Gasteiger partial charge is 0.385 e. The number of carbonyl (C=O) groups is 1. The minimum Gasteiger partial charge on any atom is -0.385 e. The average Bonchev–Trinajstić information content (AvgIpc) is 2.36. The van der Waals surface area contributed by atoms with Crippen LogP contribution >= 0.6 is 0 Å². The molecule has 1 aromatic rings. The maximum atomic E-state index is 12.9. The first-order valence-electron chi connectivity index (χ1n) is 6.01. The Morgan fingerprint density at radius 1 is 1.32 bits per heavy atom. The molecule has 0 aliphatic carbocycles. The maximum Gasteiger partial charge on any atom is 0.418 e. The van der Waals surface area contributed by atoms with E-state index in [1.165, 1.54) is 17.0 Å². The van der Waals surface area contributed by atoms with Crippen molar-refractivity contribution in [2.75, 3.05) is 25.5 Å². The third kappa shape index (κ3) is 3.62. The summed E-state index contributed by atoms with van der Waals surface area (Å²) in [5, 5.41) is 2.65. The standard InChI is InChI=1S/C13H17F3N2O/c1-4-17-11-7-6-9(12(19)18(3)5-2)8-10(11)13(14,15)16/h6-8,17H,4-5H2,1-3H3. The van der Waals surface area contributed by atoms with E-state index in [0.717, 1.165) is 6.07 Å². The SMILES string of the molecule is CCNc1ccc(C(=O)N(C)CC)cc1C(F)(F)F. The summed E-state index contributed by atoms with van der Waals surface area (Å²) in [4.78, 5) is 13.2. The molecular formula is C13H17F3N2O. The number of amides is 1. The normalized spacial score (nSPS) is 11.3. The largest absolute Gasteiger partial charge is 0.418 e. The second-order valence-corrected chi connectivity index (χ2v) is 4.11. The Kier molecular flexibility index (Phi) is 4.80. The van der Waals surface area contributed by atoms with Gasteiger partial charge in [-0.3, -0.25) is 4.79 Å². The molecule has 1 amide bonds. The number of halogens is 3. The van der Waals surface area contributed by atoms with Crippen molar-refractivity contribution in [3.63, 3.8) is 0 Å². The van der Waals surface area contributed by atoms with E-state index < -0.39 is 17.6 Å². The molecule has 0 aliphatic heterocycles. The molecule has 106 valence electrons. The summed E-state index contributed by atoms with van der Waals surface area (Å²) in [5.74, 6) is -0.420. The molecule has 6 heteroatoms. The van der Waals surface area contributed by atoms with Crippen LogP contribution in [0.5, 0.6) is 0 Å². The zero-order valence-electron chi connectivity index (χ0n) is 11.1. The molecule has 0 atom stereocenters. The topological polar surface area (TPSA) is 32.3 Å². The second kappa shape index (κ2) is 5.95. The van der Waals surface area contributed by atoms with Crippen molar-refractivity contribution in [3.05, 3.63) is 29.3 Å². The summed E-state index contributed by atoms with van der Waals surface area (Å²) in [6.45, 7) is 4.29. The van der Waals surface area contributed by atoms with Crippen LogP contribution in [0.1, 0.15) is 29.8 Å². The first kappa shape index (κ1) is 15.3. The third-order valence-electron chi connectivity index (χ3n) is 2.76. The highest BCUT2D eigenvalue weighted by Gasteiger charge is 2.34. The van der Waals surface area contributed by atoms with E-state index in [-0.39, 0.29) is 11.3 Å². The molecule has 0 unspecified atom stereocenters. The van der Waals surface area contributed by atoms with Gasteiger partial charge in [0.25, 0.3) is 5.91 Å². The highest BCUT2D eigenvalue weighted by atomic mass is 19.4. The fraction of sp³-hybridized carbons (Fsp3) is 0.462. The molecule has 0 fully saturated rings. The summed E-state index contributed by atoms with van der Waals surface area (Å²) in [5.41, 5.74) is -0.784. The number of nitrogens with one attached hydrogen (secondary N) is 1. The number of alkyl halides is 3. The van der Waals surface area contributed by atoms with Gasteiger partial charge < -0.3 is 10.2 Å². The Hall–Kier alpha value is -1.72. The van der Waals surface area contributed by atoms with Crippen LogP contribution < -0.4 is 5.32 Å². The molecule has 0 aliphatic rings. The number of anilines is 1. The van der Waals surface area contributed by atoms with Crippen molar-refractivity contribution in [1.82, 2.24) is 4.90 Å². The summed E-state index contributed by atoms with van der Waals surface area (Å²) in [6.07, 6.45) is -4.49. The first-order valence-corrected chi connectivity index (χ1v) is 6.01. The lowest BCUT2D eigenvalue weighted by Crippen LogP contribution is -2.26. The van der Waals surface area contributed by atoms with Gasteiger partial charge in [0.2, 0.25) is 0 Å². The molecule has 0 heterocycles. The zero-order valence-corrected chi connectivity index (χ0v) is 11.1. The maximum absolute atomic E-state index is 12.9. The predicted molar refractivity (Wildman–Crippen MR) is 68.2 cm³/mol. The van der Waals surface area contributed by atoms with Gasteiger partial charge in [0.05, 0.1) is 5.56 Å². The van der Waals surface area contributed by atoms with Crippen LogP contribution in [0.3, 0.4) is 0 Å². The van der Waals surface area contributed by atoms with Gasteiger partial charge in [-0.1, -0.05) is 0 Å². The molecule has 0 bridgehead atoms. The summed E-state index contributed by atoms with van der Waals surface area (Å²) in [7, 11) is 1.55. The molecule has 1 aromatic carbocycles. The number of rotatable bonds is 4. The Morgan fingerprint density at radius 3 is 2.42 bits per heavy atom. The van der Waals surface area contributed by atoms with Crippen LogP contribution in [0.25, 0.3) is 0 Å². The number of hydrogen-bond acceptors (Lipinski definition) is 2. The molecular weight excluding hydrogens is 257 g/mol. The van der Waals surface area contributed by atoms with E-state index >= 15 is 0 Å². The fourth-order valence-corrected chi connectivity index (χ4v) is 1.62. The van der Waals surface area contributed by atoms with E-state index in [2.05, 4.69) is 5.32 Å². The zero-order chi connectivity index (χ0) is 14.6. The Morgan fingerprint density at radius 2 is 1.95 bits per heavy atom. The Balaban J connectivity index is 3.22. The quantitative estimate of drug-likeness (QED) is 0.914. The van der Waals surface area contributed by atoms with Crippen molar-refractivity contribution >= 4 is 11.6 Å². The fourth-order valence-electron chi connectivity index (χ4n) is 1.62. The Bertz CT molecular complexity index is 458. The van der Waals surface area contributed by atoms with Gasteiger partial charge in [0.1, 0.15) is 0 Å². The van der Waals surface area contributed by atoms with Gasteiger partial charge >= 0.3 is 6.18 Å². The molecule has 0 radical (unpaired) electrons. The molecule has 0 spiro atoms. The van der Waals surface area contributed by atoms with Gasteiger partial charge in [0.15, 0.2) is 0 Å². The highest BCUT2D eigenvalue weighted by Crippen LogP contribution is 2.35. The van der Waals surface area contributed by atoms with Crippen molar-refractivity contribution in [2.45, 2.75) is 20.0 Å². The molecule has 1 N–H and O–H groups in total. The minimum absolute atomic E-state index is 0.00861. The highest BCUT2D eigenvalue weighted by molar-refractivity contribution is 5.94. The van der Waals surface area contributed by atoms with Gasteiger partial charge in [-0.05, 0) is 32.0 Å². The van der Waals surface area contributed by atoms with Crippen molar-refractivity contribution in [3.8, 4) is 0 Å². The van der Waals surface area contributed by atoms with Crippen LogP contribution in [0.15, 0.2) is 18.2 Å². The summed E-state index contributed by atoms with van der Waals surface area (Å²) >= 11 is 0. The minimum atomic E-state index is -4.49. The number of carbonyl (C=O) groups excluding carboxylic acids is 1. The van der Waals surface area contributed by atoms with E-state index in [0.29, 0.717) is 13.1 Å². The molecule has 1 rings (SSSR count). The summed E-state index contributed by atoms with van der Waals surface area (Å²) in [6, 6.07) is 3.59. The van der Waals surface area contributed by atoms with Gasteiger partial charge in [-0.2, -0.15) is 13.2 Å². The molecule has 0 aromatic heterocycles. The van der Waals surface area contributed by atoms with Crippen LogP contribution in [-0.4, -0.2) is 30.9 Å². The van der Waals surface area contributed by atoms with E-state index in [9.17, 15) is 18.0 Å². The van der Waals surface area contributed by atoms with Crippen LogP contribution in [0, 0.1) is 0 Å². The van der Waals surface area contributed by atoms with Crippen molar-refractivity contribution < 1.29 is 18.0 Å². The van der Waals surface area contributed by atoms with Crippen molar-refractivity contribution in [2.24, 2.45) is 0 Å². The lowest BCUT2D eigenvalue weighted by molar-refractivity contribution is -0.137. The van der Waals surface area contributed by atoms with Crippen LogP contribution in [0.4, 0.5) is 18.9 Å². The van der Waals surface area contributed by atoms with Gasteiger partial charge in [-0.15, -0.1) is 0 Å². The Labute approximate surface area is 110 Å². The van der Waals surface area contributed by atoms with Crippen molar-refractivity contribution in [1.29, 1.82) is 0 Å². The van der Waals surface area contributed by atoms with Crippen LogP contribution in [-0.2, 0) is 6.18 Å². The molecule has 19 heavy (non-hydrogen) atoms. The third-order valence-corrected chi connectivity index (χ3v) is 2.76. The number of hydrogen-bond donors (Lipinski definition) is 1. The monoisotopic (exact) mass is 274 g/mol. The van der Waals surface area contributed by atoms with Crippen LogP contribution in [0.2, 0.25) is 0 Å². The van der Waals surface area contributed by atoms with E-state index in [1.807, 2.05) is 0 Å². The average molecular weight is 274 g/mol. The second-order valence-electron chi connectivity index (χ2n) is 4.11. The van der Waals surface area contributed by atoms with E-state index in [1.54, 1.807) is 20.9 Å². The number of benzene rings is 1. The molecule has 0 saturated carbocycles. The van der Waals surface area contributed by atoms with Gasteiger partial charge in [0, 0.05) is 31.4 Å². The lowest BCUT2D eigenvalue weighted by Gasteiger charge is -2.18. The molecule has 3 nitrogen and oxygen atoms in total. The lowest BCUT2D eigenvalue weighted by atomic mass is 10.1. The number of nitrogens with zero attached hydrogens (tertiary/aromatic N) is 1. The molecule has 0 saturated heterocycles. The first-order chi connectivity index (χ1) is 8.81.